The highest BCUT2D eigenvalue weighted by Crippen LogP contribution is 2.13. The summed E-state index contributed by atoms with van der Waals surface area (Å²) in [6, 6.07) is -0.713. The largest absolute Gasteiger partial charge is 0.480 e. The maximum absolute atomic E-state index is 10.0. The van der Waals surface area contributed by atoms with Gasteiger partial charge >= 0.3 is 5.97 Å². The third-order valence-corrected chi connectivity index (χ3v) is 6.11. The second kappa shape index (κ2) is 27.5. The van der Waals surface area contributed by atoms with Crippen molar-refractivity contribution in [3.05, 3.63) is 0 Å². The molecule has 0 radical (unpaired) electrons. The Balaban J connectivity index is -0.000000525. The fraction of sp³-hybridized carbons (Fsp3) is 0.960. The number of hydrogen-bond donors (Lipinski definition) is 4. The molecule has 5 N–H and O–H groups in total. The highest BCUT2D eigenvalue weighted by atomic mass is 32.2. The lowest BCUT2D eigenvalue weighted by atomic mass is 10.0. The molecule has 1 unspecified atom stereocenters. The van der Waals surface area contributed by atoms with Gasteiger partial charge in [0.05, 0.1) is 5.75 Å². The minimum atomic E-state index is -3.66. The van der Waals surface area contributed by atoms with Crippen LogP contribution >= 0.6 is 0 Å². The molecular formula is C25H55NO6S. The Bertz CT molecular complexity index is 481. The average Bonchev–Trinajstić information content (AvgIpc) is 2.76. The van der Waals surface area contributed by atoms with Gasteiger partial charge in [0.25, 0.3) is 10.1 Å². The van der Waals surface area contributed by atoms with Gasteiger partial charge < -0.3 is 15.9 Å². The van der Waals surface area contributed by atoms with E-state index < -0.39 is 22.1 Å². The molecule has 0 spiro atoms. The summed E-state index contributed by atoms with van der Waals surface area (Å²) < 4.78 is 26.9. The molecule has 7 nitrogen and oxygen atoms in total. The highest BCUT2D eigenvalue weighted by molar-refractivity contribution is 7.85. The summed E-state index contributed by atoms with van der Waals surface area (Å²) in [7, 11) is -3.66. The number of aliphatic hydroxyl groups is 1. The molecule has 0 saturated heterocycles. The Morgan fingerprint density at radius 1 is 0.727 bits per heavy atom. The summed E-state index contributed by atoms with van der Waals surface area (Å²) in [5.41, 5.74) is 5.16. The first-order chi connectivity index (χ1) is 15.5. The first-order valence-electron chi connectivity index (χ1n) is 13.1. The summed E-state index contributed by atoms with van der Waals surface area (Å²) in [5.74, 6) is -1.11. The van der Waals surface area contributed by atoms with Crippen LogP contribution in [-0.2, 0) is 14.9 Å². The van der Waals surface area contributed by atoms with Gasteiger partial charge in [0.2, 0.25) is 0 Å². The van der Waals surface area contributed by atoms with Crippen molar-refractivity contribution in [2.45, 2.75) is 136 Å². The average molecular weight is 498 g/mol. The van der Waals surface area contributed by atoms with Crippen LogP contribution in [-0.4, -0.2) is 47.6 Å². The molecule has 0 aromatic carbocycles. The third-order valence-electron chi connectivity index (χ3n) is 5.38. The number of carbonyl (C=O) groups is 1. The van der Waals surface area contributed by atoms with Gasteiger partial charge in [-0.15, -0.1) is 0 Å². The van der Waals surface area contributed by atoms with Gasteiger partial charge in [-0.1, -0.05) is 117 Å². The van der Waals surface area contributed by atoms with Gasteiger partial charge in [-0.25, -0.2) is 0 Å². The molecule has 0 fully saturated rings. The smallest absolute Gasteiger partial charge is 0.320 e. The normalized spacial score (nSPS) is 11.9. The molecule has 0 amide bonds. The molecule has 0 rings (SSSR count). The van der Waals surface area contributed by atoms with E-state index in [1.165, 1.54) is 103 Å². The Hall–Kier alpha value is -0.700. The van der Waals surface area contributed by atoms with Crippen molar-refractivity contribution in [3.8, 4) is 0 Å². The SMILES string of the molecule is CC(C)C(N)C(=O)O.CCCCCCCCCCCCCCCCCCO.CCS(=O)(=O)O. The number of nitrogens with two attached hydrogens (primary N) is 1. The van der Waals surface area contributed by atoms with Gasteiger partial charge in [0.15, 0.2) is 0 Å². The van der Waals surface area contributed by atoms with Crippen LogP contribution in [0.15, 0.2) is 0 Å². The maximum atomic E-state index is 10.0. The minimum Gasteiger partial charge on any atom is -0.480 e. The number of carboxylic acids is 1. The molecule has 202 valence electrons. The summed E-state index contributed by atoms with van der Waals surface area (Å²) in [5, 5.41) is 16.9. The van der Waals surface area contributed by atoms with Crippen molar-refractivity contribution in [2.75, 3.05) is 12.4 Å². The zero-order valence-electron chi connectivity index (χ0n) is 21.9. The molecule has 0 aromatic heterocycles. The van der Waals surface area contributed by atoms with E-state index in [4.69, 9.17) is 20.5 Å². The van der Waals surface area contributed by atoms with Gasteiger partial charge in [0, 0.05) is 6.61 Å². The van der Waals surface area contributed by atoms with Crippen LogP contribution in [0.25, 0.3) is 0 Å². The van der Waals surface area contributed by atoms with Gasteiger partial charge in [-0.05, 0) is 19.3 Å². The van der Waals surface area contributed by atoms with Gasteiger partial charge in [-0.3, -0.25) is 9.35 Å². The minimum absolute atomic E-state index is 0.0208. The Labute approximate surface area is 204 Å². The first kappa shape index (κ1) is 36.9. The molecular weight excluding hydrogens is 442 g/mol. The molecule has 33 heavy (non-hydrogen) atoms. The van der Waals surface area contributed by atoms with Crippen molar-refractivity contribution < 1.29 is 28.0 Å². The number of aliphatic hydroxyl groups excluding tert-OH is 1. The molecule has 0 heterocycles. The van der Waals surface area contributed by atoms with E-state index in [0.29, 0.717) is 6.61 Å². The number of carboxylic acid groups (broad SMARTS) is 1. The molecule has 0 aliphatic carbocycles. The number of rotatable bonds is 19. The van der Waals surface area contributed by atoms with E-state index in [0.717, 1.165) is 6.42 Å². The van der Waals surface area contributed by atoms with Crippen molar-refractivity contribution in [3.63, 3.8) is 0 Å². The zero-order chi connectivity index (χ0) is 26.0. The maximum Gasteiger partial charge on any atom is 0.320 e. The van der Waals surface area contributed by atoms with E-state index in [9.17, 15) is 13.2 Å². The second-order valence-corrected chi connectivity index (χ2v) is 10.7. The number of aliphatic carboxylic acids is 1. The van der Waals surface area contributed by atoms with Crippen LogP contribution in [0.1, 0.15) is 130 Å². The molecule has 1 atom stereocenters. The molecule has 0 aromatic rings. The van der Waals surface area contributed by atoms with Gasteiger partial charge in [-0.2, -0.15) is 8.42 Å². The topological polar surface area (TPSA) is 138 Å². The molecule has 0 aliphatic rings. The van der Waals surface area contributed by atoms with Crippen LogP contribution < -0.4 is 5.73 Å². The summed E-state index contributed by atoms with van der Waals surface area (Å²) >= 11 is 0. The van der Waals surface area contributed by atoms with Crippen LogP contribution in [0.5, 0.6) is 0 Å². The standard InChI is InChI=1S/C18H38O.C5H11NO2.C2H6O3S/c1-2-3-4-5-6-7-8-9-10-11-12-13-14-15-16-17-18-19;1-3(2)4(6)5(7)8;1-2-6(3,4)5/h19H,2-18H2,1H3;3-4H,6H2,1-2H3,(H,7,8);2H2,1H3,(H,3,4,5). The highest BCUT2D eigenvalue weighted by Gasteiger charge is 2.14. The zero-order valence-corrected chi connectivity index (χ0v) is 22.8. The van der Waals surface area contributed by atoms with Crippen LogP contribution in [0.3, 0.4) is 0 Å². The van der Waals surface area contributed by atoms with E-state index in [1.807, 2.05) is 0 Å². The van der Waals surface area contributed by atoms with Crippen LogP contribution in [0.2, 0.25) is 0 Å². The Morgan fingerprint density at radius 3 is 1.15 bits per heavy atom. The Morgan fingerprint density at radius 2 is 1.00 bits per heavy atom. The first-order valence-corrected chi connectivity index (χ1v) is 14.7. The lowest BCUT2D eigenvalue weighted by Crippen LogP contribution is -2.34. The molecule has 0 bridgehead atoms. The fourth-order valence-corrected chi connectivity index (χ4v) is 2.95. The van der Waals surface area contributed by atoms with E-state index in [1.54, 1.807) is 13.8 Å². The lowest BCUT2D eigenvalue weighted by Gasteiger charge is -2.07. The van der Waals surface area contributed by atoms with Crippen molar-refractivity contribution in [1.29, 1.82) is 0 Å². The predicted molar refractivity (Wildman–Crippen MR) is 139 cm³/mol. The number of unbranched alkanes of at least 4 members (excludes halogenated alkanes) is 15. The van der Waals surface area contributed by atoms with E-state index >= 15 is 0 Å². The van der Waals surface area contributed by atoms with Crippen molar-refractivity contribution in [1.82, 2.24) is 0 Å². The van der Waals surface area contributed by atoms with E-state index in [-0.39, 0.29) is 11.7 Å². The molecule has 0 aliphatic heterocycles. The van der Waals surface area contributed by atoms with Crippen LogP contribution in [0.4, 0.5) is 0 Å². The van der Waals surface area contributed by atoms with Crippen LogP contribution in [0, 0.1) is 5.92 Å². The molecule has 8 heteroatoms. The lowest BCUT2D eigenvalue weighted by molar-refractivity contribution is -0.139. The fourth-order valence-electron chi connectivity index (χ4n) is 2.95. The van der Waals surface area contributed by atoms with Gasteiger partial charge in [0.1, 0.15) is 6.04 Å². The monoisotopic (exact) mass is 497 g/mol. The van der Waals surface area contributed by atoms with Crippen molar-refractivity contribution >= 4 is 16.1 Å². The van der Waals surface area contributed by atoms with E-state index in [2.05, 4.69) is 6.92 Å². The summed E-state index contributed by atoms with van der Waals surface area (Å²) in [6.45, 7) is 7.58. The summed E-state index contributed by atoms with van der Waals surface area (Å²) in [4.78, 5) is 10.0. The Kier molecular flexibility index (Phi) is 30.8. The predicted octanol–water partition coefficient (Wildman–Crippen LogP) is 6.19. The number of hydrogen-bond acceptors (Lipinski definition) is 5. The summed E-state index contributed by atoms with van der Waals surface area (Å²) in [6.07, 6.45) is 22.2. The van der Waals surface area contributed by atoms with Crippen molar-refractivity contribution in [2.24, 2.45) is 11.7 Å². The quantitative estimate of drug-likeness (QED) is 0.123. The second-order valence-electron chi connectivity index (χ2n) is 9.01. The molecule has 0 saturated carbocycles. The third kappa shape index (κ3) is 38.8.